The molecule has 116 valence electrons. The maximum absolute atomic E-state index is 12.5. The highest BCUT2D eigenvalue weighted by atomic mass is 19.4. The monoisotopic (exact) mass is 300 g/mol. The number of carboxylic acids is 1. The van der Waals surface area contributed by atoms with E-state index in [-0.39, 0.29) is 12.0 Å². The molecule has 1 N–H and O–H groups in total. The molecule has 0 amide bonds. The van der Waals surface area contributed by atoms with Gasteiger partial charge in [0.25, 0.3) is 0 Å². The van der Waals surface area contributed by atoms with Crippen LogP contribution in [0.15, 0.2) is 24.3 Å². The summed E-state index contributed by atoms with van der Waals surface area (Å²) in [6, 6.07) is 4.90. The second-order valence-corrected chi connectivity index (χ2v) is 5.52. The van der Waals surface area contributed by atoms with Crippen LogP contribution in [0, 0.1) is 11.8 Å². The van der Waals surface area contributed by atoms with E-state index in [2.05, 4.69) is 5.32 Å². The summed E-state index contributed by atoms with van der Waals surface area (Å²) in [5, 5.41) is 14.2. The predicted molar refractivity (Wildman–Crippen MR) is 69.1 cm³/mol. The number of hydrogen-bond acceptors (Lipinski definition) is 3. The van der Waals surface area contributed by atoms with Crippen molar-refractivity contribution in [2.75, 3.05) is 6.54 Å². The van der Waals surface area contributed by atoms with Gasteiger partial charge in [0.2, 0.25) is 0 Å². The standard InChI is InChI=1S/C15H18F3NO2/c1-9(14(20)21)11-6-7-19-13(8-11)10-2-4-12(5-3-10)15(16,17)18/h2-5,9,11,13,19H,6-8H2,1H3,(H,20,21)/p-1/t9?,11-,13+/m0/s1. The number of halogens is 3. The summed E-state index contributed by atoms with van der Waals surface area (Å²) in [4.78, 5) is 10.9. The van der Waals surface area contributed by atoms with Crippen molar-refractivity contribution >= 4 is 5.97 Å². The fourth-order valence-electron chi connectivity index (χ4n) is 2.75. The number of rotatable bonds is 3. The molecule has 1 aromatic carbocycles. The van der Waals surface area contributed by atoms with Crippen LogP contribution in [0.25, 0.3) is 0 Å². The fraction of sp³-hybridized carbons (Fsp3) is 0.533. The molecule has 3 atom stereocenters. The lowest BCUT2D eigenvalue weighted by molar-refractivity contribution is -0.313. The van der Waals surface area contributed by atoms with Crippen LogP contribution in [0.5, 0.6) is 0 Å². The lowest BCUT2D eigenvalue weighted by Gasteiger charge is -2.34. The van der Waals surface area contributed by atoms with E-state index >= 15 is 0 Å². The zero-order valence-electron chi connectivity index (χ0n) is 11.6. The Balaban J connectivity index is 2.09. The Morgan fingerprint density at radius 1 is 1.33 bits per heavy atom. The number of carbonyl (C=O) groups is 1. The molecule has 0 bridgehead atoms. The van der Waals surface area contributed by atoms with Crippen LogP contribution in [0.2, 0.25) is 0 Å². The molecule has 21 heavy (non-hydrogen) atoms. The van der Waals surface area contributed by atoms with Crippen LogP contribution >= 0.6 is 0 Å². The van der Waals surface area contributed by atoms with Crippen molar-refractivity contribution in [1.82, 2.24) is 5.32 Å². The number of carbonyl (C=O) groups excluding carboxylic acids is 1. The molecule has 1 aliphatic rings. The summed E-state index contributed by atoms with van der Waals surface area (Å²) >= 11 is 0. The molecule has 0 saturated carbocycles. The third kappa shape index (κ3) is 3.75. The molecule has 1 heterocycles. The molecule has 1 fully saturated rings. The van der Waals surface area contributed by atoms with E-state index in [1.807, 2.05) is 0 Å². The molecule has 1 unspecified atom stereocenters. The van der Waals surface area contributed by atoms with Crippen LogP contribution in [-0.4, -0.2) is 12.5 Å². The van der Waals surface area contributed by atoms with E-state index in [4.69, 9.17) is 0 Å². The van der Waals surface area contributed by atoms with Crippen molar-refractivity contribution in [2.24, 2.45) is 11.8 Å². The quantitative estimate of drug-likeness (QED) is 0.930. The molecule has 0 spiro atoms. The van der Waals surface area contributed by atoms with Crippen molar-refractivity contribution in [3.8, 4) is 0 Å². The van der Waals surface area contributed by atoms with E-state index in [0.717, 1.165) is 24.1 Å². The molecular formula is C15H17F3NO2-. The van der Waals surface area contributed by atoms with Gasteiger partial charge >= 0.3 is 6.18 Å². The number of nitrogens with one attached hydrogen (secondary N) is 1. The minimum absolute atomic E-state index is 0.0245. The lowest BCUT2D eigenvalue weighted by atomic mass is 9.81. The molecule has 2 rings (SSSR count). The molecule has 0 aliphatic carbocycles. The van der Waals surface area contributed by atoms with E-state index < -0.39 is 23.6 Å². The van der Waals surface area contributed by atoms with Crippen LogP contribution < -0.4 is 10.4 Å². The Morgan fingerprint density at radius 2 is 1.95 bits per heavy atom. The van der Waals surface area contributed by atoms with Gasteiger partial charge in [-0.2, -0.15) is 13.2 Å². The van der Waals surface area contributed by atoms with Crippen LogP contribution in [-0.2, 0) is 11.0 Å². The van der Waals surface area contributed by atoms with Crippen molar-refractivity contribution in [2.45, 2.75) is 32.0 Å². The first-order valence-corrected chi connectivity index (χ1v) is 6.90. The number of benzene rings is 1. The summed E-state index contributed by atoms with van der Waals surface area (Å²) < 4.78 is 37.6. The summed E-state index contributed by atoms with van der Waals surface area (Å²) in [5.41, 5.74) is 0.0694. The minimum atomic E-state index is -4.34. The summed E-state index contributed by atoms with van der Waals surface area (Å²) in [6.07, 6.45) is -3.03. The first-order chi connectivity index (χ1) is 9.79. The Labute approximate surface area is 121 Å². The summed E-state index contributed by atoms with van der Waals surface area (Å²) in [5.74, 6) is -1.65. The minimum Gasteiger partial charge on any atom is -0.550 e. The Kier molecular flexibility index (Phi) is 4.56. The van der Waals surface area contributed by atoms with Gasteiger partial charge in [0, 0.05) is 12.0 Å². The van der Waals surface area contributed by atoms with Crippen LogP contribution in [0.1, 0.15) is 36.9 Å². The van der Waals surface area contributed by atoms with Crippen molar-refractivity contribution in [3.05, 3.63) is 35.4 Å². The van der Waals surface area contributed by atoms with Crippen molar-refractivity contribution in [3.63, 3.8) is 0 Å². The highest BCUT2D eigenvalue weighted by Gasteiger charge is 2.31. The third-order valence-electron chi connectivity index (χ3n) is 4.16. The average Bonchev–Trinajstić information content (AvgIpc) is 2.46. The molecule has 1 aliphatic heterocycles. The van der Waals surface area contributed by atoms with Gasteiger partial charge in [-0.1, -0.05) is 19.1 Å². The van der Waals surface area contributed by atoms with E-state index in [9.17, 15) is 23.1 Å². The van der Waals surface area contributed by atoms with E-state index in [1.165, 1.54) is 12.1 Å². The Hall–Kier alpha value is -1.56. The highest BCUT2D eigenvalue weighted by molar-refractivity contribution is 5.67. The SMILES string of the molecule is CC(C(=O)[O-])[C@H]1CCN[C@@H](c2ccc(C(F)(F)F)cc2)C1. The number of piperidine rings is 1. The molecule has 1 saturated heterocycles. The lowest BCUT2D eigenvalue weighted by Crippen LogP contribution is -2.40. The van der Waals surface area contributed by atoms with Gasteiger partial charge in [0.15, 0.2) is 0 Å². The van der Waals surface area contributed by atoms with Gasteiger partial charge in [-0.25, -0.2) is 0 Å². The predicted octanol–water partition coefficient (Wildman–Crippen LogP) is 2.13. The van der Waals surface area contributed by atoms with Gasteiger partial charge in [0.1, 0.15) is 0 Å². The molecule has 3 nitrogen and oxygen atoms in total. The third-order valence-corrected chi connectivity index (χ3v) is 4.16. The zero-order chi connectivity index (χ0) is 15.6. The van der Waals surface area contributed by atoms with Gasteiger partial charge in [-0.15, -0.1) is 0 Å². The second-order valence-electron chi connectivity index (χ2n) is 5.52. The average molecular weight is 300 g/mol. The van der Waals surface area contributed by atoms with Gasteiger partial charge in [-0.05, 0) is 48.9 Å². The second kappa shape index (κ2) is 6.05. The van der Waals surface area contributed by atoms with E-state index in [0.29, 0.717) is 13.0 Å². The molecule has 1 aromatic rings. The normalized spacial score (nSPS) is 24.6. The summed E-state index contributed by atoms with van der Waals surface area (Å²) in [7, 11) is 0. The fourth-order valence-corrected chi connectivity index (χ4v) is 2.75. The maximum atomic E-state index is 12.5. The number of alkyl halides is 3. The smallest absolute Gasteiger partial charge is 0.416 e. The van der Waals surface area contributed by atoms with E-state index in [1.54, 1.807) is 6.92 Å². The first kappa shape index (κ1) is 15.8. The summed E-state index contributed by atoms with van der Waals surface area (Å²) in [6.45, 7) is 2.27. The number of carboxylic acid groups (broad SMARTS) is 1. The van der Waals surface area contributed by atoms with Crippen LogP contribution in [0.3, 0.4) is 0 Å². The Morgan fingerprint density at radius 3 is 2.48 bits per heavy atom. The molecule has 0 aromatic heterocycles. The van der Waals surface area contributed by atoms with Crippen LogP contribution in [0.4, 0.5) is 13.2 Å². The van der Waals surface area contributed by atoms with Crippen molar-refractivity contribution < 1.29 is 23.1 Å². The molecular weight excluding hydrogens is 283 g/mol. The van der Waals surface area contributed by atoms with Gasteiger partial charge in [0.05, 0.1) is 5.56 Å². The highest BCUT2D eigenvalue weighted by Crippen LogP contribution is 2.34. The molecule has 6 heteroatoms. The zero-order valence-corrected chi connectivity index (χ0v) is 11.6. The topological polar surface area (TPSA) is 52.2 Å². The largest absolute Gasteiger partial charge is 0.550 e. The maximum Gasteiger partial charge on any atom is 0.416 e. The first-order valence-electron chi connectivity index (χ1n) is 6.90. The molecule has 0 radical (unpaired) electrons. The van der Waals surface area contributed by atoms with Crippen molar-refractivity contribution in [1.29, 1.82) is 0 Å². The van der Waals surface area contributed by atoms with Gasteiger partial charge in [-0.3, -0.25) is 0 Å². The number of hydrogen-bond donors (Lipinski definition) is 1. The number of aliphatic carboxylic acids is 1. The Bertz CT molecular complexity index is 499. The van der Waals surface area contributed by atoms with Gasteiger partial charge < -0.3 is 15.2 Å².